The highest BCUT2D eigenvalue weighted by atomic mass is 35.5. The summed E-state index contributed by atoms with van der Waals surface area (Å²) in [7, 11) is 0. The zero-order chi connectivity index (χ0) is 14.7. The maximum absolute atomic E-state index is 11.9. The predicted molar refractivity (Wildman–Crippen MR) is 76.4 cm³/mol. The quantitative estimate of drug-likeness (QED) is 0.934. The molecule has 1 N–H and O–H groups in total. The fourth-order valence-electron chi connectivity index (χ4n) is 1.46. The topological polar surface area (TPSA) is 64.4 Å². The molecule has 0 bridgehead atoms. The SMILES string of the molecule is Cc1cc(NC(=O)C(C)Oc2ccc(Cl)c(Cl)c2)no1. The molecule has 0 radical (unpaired) electrons. The van der Waals surface area contributed by atoms with E-state index < -0.39 is 6.10 Å². The molecule has 0 fully saturated rings. The highest BCUT2D eigenvalue weighted by Crippen LogP contribution is 2.26. The van der Waals surface area contributed by atoms with Gasteiger partial charge in [0.1, 0.15) is 11.5 Å². The Bertz CT molecular complexity index is 628. The molecule has 1 heterocycles. The van der Waals surface area contributed by atoms with Crippen LogP contribution in [0.15, 0.2) is 28.8 Å². The van der Waals surface area contributed by atoms with Gasteiger partial charge in [0.2, 0.25) is 0 Å². The molecule has 0 aliphatic rings. The first-order valence-corrected chi connectivity index (χ1v) is 6.57. The van der Waals surface area contributed by atoms with E-state index in [2.05, 4.69) is 10.5 Å². The molecule has 2 rings (SSSR count). The van der Waals surface area contributed by atoms with Crippen LogP contribution in [0, 0.1) is 6.92 Å². The van der Waals surface area contributed by atoms with Crippen LogP contribution in [0.2, 0.25) is 10.0 Å². The number of nitrogens with zero attached hydrogens (tertiary/aromatic N) is 1. The van der Waals surface area contributed by atoms with Crippen molar-refractivity contribution < 1.29 is 14.1 Å². The molecule has 0 saturated carbocycles. The molecule has 0 aliphatic carbocycles. The van der Waals surface area contributed by atoms with Crippen LogP contribution in [0.3, 0.4) is 0 Å². The lowest BCUT2D eigenvalue weighted by Crippen LogP contribution is -2.30. The van der Waals surface area contributed by atoms with E-state index in [9.17, 15) is 4.79 Å². The highest BCUT2D eigenvalue weighted by Gasteiger charge is 2.16. The average Bonchev–Trinajstić information content (AvgIpc) is 2.79. The van der Waals surface area contributed by atoms with Crippen LogP contribution in [0.1, 0.15) is 12.7 Å². The molecule has 1 aromatic heterocycles. The van der Waals surface area contributed by atoms with Gasteiger partial charge in [-0.3, -0.25) is 4.79 Å². The number of amides is 1. The first-order valence-electron chi connectivity index (χ1n) is 5.81. The first kappa shape index (κ1) is 14.7. The number of hydrogen-bond acceptors (Lipinski definition) is 4. The Labute approximate surface area is 125 Å². The van der Waals surface area contributed by atoms with E-state index >= 15 is 0 Å². The number of ether oxygens (including phenoxy) is 1. The second-order valence-electron chi connectivity index (χ2n) is 4.15. The average molecular weight is 315 g/mol. The molecule has 0 saturated heterocycles. The number of aromatic nitrogens is 1. The number of carbonyl (C=O) groups excluding carboxylic acids is 1. The molecule has 7 heteroatoms. The lowest BCUT2D eigenvalue weighted by molar-refractivity contribution is -0.122. The van der Waals surface area contributed by atoms with Gasteiger partial charge < -0.3 is 14.6 Å². The third kappa shape index (κ3) is 3.65. The van der Waals surface area contributed by atoms with Crippen LogP contribution in [-0.2, 0) is 4.79 Å². The Morgan fingerprint density at radius 1 is 1.35 bits per heavy atom. The molecule has 0 spiro atoms. The van der Waals surface area contributed by atoms with Crippen LogP contribution in [0.4, 0.5) is 5.82 Å². The molecular formula is C13H12Cl2N2O3. The number of benzene rings is 1. The van der Waals surface area contributed by atoms with Crippen LogP contribution in [-0.4, -0.2) is 17.2 Å². The van der Waals surface area contributed by atoms with Gasteiger partial charge in [-0.1, -0.05) is 28.4 Å². The van der Waals surface area contributed by atoms with Gasteiger partial charge in [0, 0.05) is 12.1 Å². The lowest BCUT2D eigenvalue weighted by Gasteiger charge is -2.14. The minimum Gasteiger partial charge on any atom is -0.481 e. The summed E-state index contributed by atoms with van der Waals surface area (Å²) in [5, 5.41) is 7.04. The Morgan fingerprint density at radius 3 is 2.70 bits per heavy atom. The van der Waals surface area contributed by atoms with E-state index in [1.165, 1.54) is 0 Å². The number of carbonyl (C=O) groups is 1. The molecule has 2 aromatic rings. The summed E-state index contributed by atoms with van der Waals surface area (Å²) >= 11 is 11.7. The van der Waals surface area contributed by atoms with Crippen molar-refractivity contribution >= 4 is 34.9 Å². The summed E-state index contributed by atoms with van der Waals surface area (Å²) in [6, 6.07) is 6.40. The van der Waals surface area contributed by atoms with Crippen molar-refractivity contribution in [2.75, 3.05) is 5.32 Å². The summed E-state index contributed by atoms with van der Waals surface area (Å²) in [6.45, 7) is 3.35. The summed E-state index contributed by atoms with van der Waals surface area (Å²) in [6.07, 6.45) is -0.718. The Kier molecular flexibility index (Phi) is 4.52. The van der Waals surface area contributed by atoms with Crippen LogP contribution >= 0.6 is 23.2 Å². The molecule has 1 atom stereocenters. The van der Waals surface area contributed by atoms with Crippen LogP contribution in [0.5, 0.6) is 5.75 Å². The largest absolute Gasteiger partial charge is 0.481 e. The first-order chi connectivity index (χ1) is 9.45. The number of anilines is 1. The zero-order valence-corrected chi connectivity index (χ0v) is 12.3. The molecule has 1 amide bonds. The number of hydrogen-bond donors (Lipinski definition) is 1. The molecule has 5 nitrogen and oxygen atoms in total. The third-order valence-electron chi connectivity index (χ3n) is 2.45. The fourth-order valence-corrected chi connectivity index (χ4v) is 1.75. The summed E-state index contributed by atoms with van der Waals surface area (Å²) in [5.74, 6) is 1.07. The maximum atomic E-state index is 11.9. The molecule has 0 aliphatic heterocycles. The van der Waals surface area contributed by atoms with Gasteiger partial charge in [-0.15, -0.1) is 0 Å². The Morgan fingerprint density at radius 2 is 2.10 bits per heavy atom. The lowest BCUT2D eigenvalue weighted by atomic mass is 10.3. The second-order valence-corrected chi connectivity index (χ2v) is 4.96. The zero-order valence-electron chi connectivity index (χ0n) is 10.8. The number of rotatable bonds is 4. The molecule has 1 unspecified atom stereocenters. The van der Waals surface area contributed by atoms with Crippen LogP contribution < -0.4 is 10.1 Å². The summed E-state index contributed by atoms with van der Waals surface area (Å²) in [4.78, 5) is 11.9. The van der Waals surface area contributed by atoms with Crippen molar-refractivity contribution in [3.05, 3.63) is 40.1 Å². The standard InChI is InChI=1S/C13H12Cl2N2O3/c1-7-5-12(17-20-7)16-13(18)8(2)19-9-3-4-10(14)11(15)6-9/h3-6,8H,1-2H3,(H,16,17,18). The van der Waals surface area contributed by atoms with Crippen molar-refractivity contribution in [3.8, 4) is 5.75 Å². The van der Waals surface area contributed by atoms with E-state index in [1.54, 1.807) is 38.1 Å². The monoisotopic (exact) mass is 314 g/mol. The van der Waals surface area contributed by atoms with Gasteiger partial charge in [-0.2, -0.15) is 0 Å². The van der Waals surface area contributed by atoms with E-state index in [1.807, 2.05) is 0 Å². The van der Waals surface area contributed by atoms with Crippen molar-refractivity contribution in [2.24, 2.45) is 0 Å². The van der Waals surface area contributed by atoms with Crippen molar-refractivity contribution in [3.63, 3.8) is 0 Å². The maximum Gasteiger partial charge on any atom is 0.266 e. The van der Waals surface area contributed by atoms with Gasteiger partial charge in [-0.05, 0) is 26.0 Å². The van der Waals surface area contributed by atoms with E-state index in [0.29, 0.717) is 27.4 Å². The van der Waals surface area contributed by atoms with Crippen molar-refractivity contribution in [2.45, 2.75) is 20.0 Å². The molecular weight excluding hydrogens is 303 g/mol. The van der Waals surface area contributed by atoms with Gasteiger partial charge in [-0.25, -0.2) is 0 Å². The minimum absolute atomic E-state index is 0.343. The smallest absolute Gasteiger partial charge is 0.266 e. The van der Waals surface area contributed by atoms with E-state index in [0.717, 1.165) is 0 Å². The summed E-state index contributed by atoms with van der Waals surface area (Å²) < 4.78 is 10.3. The minimum atomic E-state index is -0.718. The van der Waals surface area contributed by atoms with Gasteiger partial charge in [0.05, 0.1) is 10.0 Å². The van der Waals surface area contributed by atoms with Crippen molar-refractivity contribution in [1.82, 2.24) is 5.16 Å². The molecule has 1 aromatic carbocycles. The predicted octanol–water partition coefficient (Wildman–Crippen LogP) is 3.70. The van der Waals surface area contributed by atoms with Crippen molar-refractivity contribution in [1.29, 1.82) is 0 Å². The summed E-state index contributed by atoms with van der Waals surface area (Å²) in [5.41, 5.74) is 0. The molecule has 20 heavy (non-hydrogen) atoms. The Balaban J connectivity index is 1.98. The fraction of sp³-hybridized carbons (Fsp3) is 0.231. The number of nitrogens with one attached hydrogen (secondary N) is 1. The van der Waals surface area contributed by atoms with Gasteiger partial charge in [0.15, 0.2) is 11.9 Å². The van der Waals surface area contributed by atoms with E-state index in [4.69, 9.17) is 32.5 Å². The molecule has 106 valence electrons. The van der Waals surface area contributed by atoms with Gasteiger partial charge in [0.25, 0.3) is 5.91 Å². The van der Waals surface area contributed by atoms with Crippen LogP contribution in [0.25, 0.3) is 0 Å². The number of halogens is 2. The van der Waals surface area contributed by atoms with Gasteiger partial charge >= 0.3 is 0 Å². The normalized spacial score (nSPS) is 12.0. The van der Waals surface area contributed by atoms with E-state index in [-0.39, 0.29) is 5.91 Å². The Hall–Kier alpha value is -1.72. The number of aryl methyl sites for hydroxylation is 1. The highest BCUT2D eigenvalue weighted by molar-refractivity contribution is 6.42. The third-order valence-corrected chi connectivity index (χ3v) is 3.19. The second kappa shape index (κ2) is 6.15.